The van der Waals surface area contributed by atoms with E-state index in [0.29, 0.717) is 24.3 Å². The van der Waals surface area contributed by atoms with E-state index in [2.05, 4.69) is 24.5 Å². The number of rotatable bonds is 3. The lowest BCUT2D eigenvalue weighted by molar-refractivity contribution is -0.122. The summed E-state index contributed by atoms with van der Waals surface area (Å²) in [5.74, 6) is 0.557. The smallest absolute Gasteiger partial charge is 0.237 e. The van der Waals surface area contributed by atoms with Crippen LogP contribution in [0.15, 0.2) is 0 Å². The molecule has 2 N–H and O–H groups in total. The zero-order valence-corrected chi connectivity index (χ0v) is 9.35. The number of hydrogen-bond acceptors (Lipinski definition) is 2. The van der Waals surface area contributed by atoms with E-state index < -0.39 is 6.17 Å². The molecule has 1 heterocycles. The van der Waals surface area contributed by atoms with Gasteiger partial charge < -0.3 is 10.6 Å². The van der Waals surface area contributed by atoms with E-state index >= 15 is 0 Å². The number of carbonyl (C=O) groups is 1. The summed E-state index contributed by atoms with van der Waals surface area (Å²) in [4.78, 5) is 11.6. The van der Waals surface area contributed by atoms with Crippen molar-refractivity contribution in [3.8, 4) is 0 Å². The molecule has 0 aromatic carbocycles. The number of amides is 1. The maximum absolute atomic E-state index is 12.8. The van der Waals surface area contributed by atoms with Crippen molar-refractivity contribution < 1.29 is 9.18 Å². The van der Waals surface area contributed by atoms with Crippen LogP contribution in [0.25, 0.3) is 0 Å². The van der Waals surface area contributed by atoms with Crippen LogP contribution in [0.3, 0.4) is 0 Å². The van der Waals surface area contributed by atoms with Gasteiger partial charge in [-0.3, -0.25) is 4.79 Å². The molecule has 4 heteroatoms. The lowest BCUT2D eigenvalue weighted by Gasteiger charge is -2.11. The highest BCUT2D eigenvalue weighted by molar-refractivity contribution is 5.82. The zero-order valence-electron chi connectivity index (χ0n) is 9.35. The summed E-state index contributed by atoms with van der Waals surface area (Å²) in [5, 5.41) is 5.78. The van der Waals surface area contributed by atoms with Crippen LogP contribution in [0.4, 0.5) is 4.39 Å². The summed E-state index contributed by atoms with van der Waals surface area (Å²) >= 11 is 0. The molecule has 0 aromatic rings. The fourth-order valence-electron chi connectivity index (χ4n) is 2.16. The molecule has 1 amide bonds. The topological polar surface area (TPSA) is 41.1 Å². The summed E-state index contributed by atoms with van der Waals surface area (Å²) in [5.41, 5.74) is 0.388. The normalized spacial score (nSPS) is 37.7. The fraction of sp³-hybridized carbons (Fsp3) is 0.909. The molecule has 0 bridgehead atoms. The number of nitrogens with one attached hydrogen (secondary N) is 2. The van der Waals surface area contributed by atoms with Crippen LogP contribution in [0.5, 0.6) is 0 Å². The molecule has 2 rings (SSSR count). The predicted molar refractivity (Wildman–Crippen MR) is 56.2 cm³/mol. The van der Waals surface area contributed by atoms with Gasteiger partial charge in [-0.05, 0) is 17.8 Å². The van der Waals surface area contributed by atoms with E-state index in [-0.39, 0.29) is 11.9 Å². The third-order valence-electron chi connectivity index (χ3n) is 3.63. The summed E-state index contributed by atoms with van der Waals surface area (Å²) < 4.78 is 12.8. The van der Waals surface area contributed by atoms with Crippen LogP contribution in [0.1, 0.15) is 26.7 Å². The van der Waals surface area contributed by atoms with E-state index in [1.165, 1.54) is 6.42 Å². The highest BCUT2D eigenvalue weighted by Crippen LogP contribution is 2.50. The highest BCUT2D eigenvalue weighted by Gasteiger charge is 2.45. The second-order valence-electron chi connectivity index (χ2n) is 5.43. The Morgan fingerprint density at radius 3 is 2.73 bits per heavy atom. The maximum atomic E-state index is 12.8. The van der Waals surface area contributed by atoms with Gasteiger partial charge in [0.2, 0.25) is 5.91 Å². The Hall–Kier alpha value is -0.640. The summed E-state index contributed by atoms with van der Waals surface area (Å²) in [6.45, 7) is 5.46. The molecule has 3 nitrogen and oxygen atoms in total. The van der Waals surface area contributed by atoms with Crippen molar-refractivity contribution in [3.05, 3.63) is 0 Å². The van der Waals surface area contributed by atoms with Gasteiger partial charge in [0.15, 0.2) is 0 Å². The number of carbonyl (C=O) groups excluding carboxylic acids is 1. The fourth-order valence-corrected chi connectivity index (χ4v) is 2.16. The van der Waals surface area contributed by atoms with Crippen molar-refractivity contribution >= 4 is 5.91 Å². The summed E-state index contributed by atoms with van der Waals surface area (Å²) in [7, 11) is 0. The Kier molecular flexibility index (Phi) is 2.71. The zero-order chi connectivity index (χ0) is 11.1. The van der Waals surface area contributed by atoms with E-state index in [0.717, 1.165) is 6.54 Å². The molecule has 15 heavy (non-hydrogen) atoms. The second kappa shape index (κ2) is 3.74. The molecule has 3 atom stereocenters. The number of halogens is 1. The molecule has 1 saturated carbocycles. The molecule has 1 aliphatic heterocycles. The summed E-state index contributed by atoms with van der Waals surface area (Å²) in [6, 6.07) is -0.318. The van der Waals surface area contributed by atoms with Crippen molar-refractivity contribution in [3.63, 3.8) is 0 Å². The van der Waals surface area contributed by atoms with Crippen LogP contribution < -0.4 is 10.6 Å². The molecule has 2 fully saturated rings. The van der Waals surface area contributed by atoms with Crippen LogP contribution in [-0.4, -0.2) is 31.2 Å². The van der Waals surface area contributed by atoms with Gasteiger partial charge in [0.25, 0.3) is 0 Å². The van der Waals surface area contributed by atoms with Crippen LogP contribution in [0, 0.1) is 11.3 Å². The van der Waals surface area contributed by atoms with Crippen molar-refractivity contribution in [1.82, 2.24) is 10.6 Å². The van der Waals surface area contributed by atoms with Crippen LogP contribution in [0.2, 0.25) is 0 Å². The summed E-state index contributed by atoms with van der Waals surface area (Å²) in [6.07, 6.45) is 0.634. The Bertz CT molecular complexity index is 267. The van der Waals surface area contributed by atoms with Gasteiger partial charge in [-0.1, -0.05) is 13.8 Å². The van der Waals surface area contributed by atoms with Gasteiger partial charge in [0, 0.05) is 19.5 Å². The molecule has 0 radical (unpaired) electrons. The Balaban J connectivity index is 1.69. The Morgan fingerprint density at radius 2 is 2.27 bits per heavy atom. The van der Waals surface area contributed by atoms with E-state index in [1.54, 1.807) is 0 Å². The lowest BCUT2D eigenvalue weighted by Crippen LogP contribution is -2.41. The number of hydrogen-bond donors (Lipinski definition) is 2. The van der Waals surface area contributed by atoms with Gasteiger partial charge in [-0.2, -0.15) is 0 Å². The highest BCUT2D eigenvalue weighted by atomic mass is 19.1. The van der Waals surface area contributed by atoms with Gasteiger partial charge in [-0.25, -0.2) is 4.39 Å². The number of alkyl halides is 1. The van der Waals surface area contributed by atoms with Crippen LogP contribution in [-0.2, 0) is 4.79 Å². The molecular weight excluding hydrogens is 195 g/mol. The Morgan fingerprint density at radius 1 is 1.60 bits per heavy atom. The van der Waals surface area contributed by atoms with Crippen molar-refractivity contribution in [2.75, 3.05) is 13.1 Å². The third kappa shape index (κ3) is 2.48. The standard InChI is InChI=1S/C11H19FN2O/c1-11(2)4-7(11)5-14-10(15)9-3-8(12)6-13-9/h7-9,13H,3-6H2,1-2H3,(H,14,15)/t7?,8-,9+/m0/s1. The van der Waals surface area contributed by atoms with Gasteiger partial charge in [0.05, 0.1) is 6.04 Å². The molecule has 1 unspecified atom stereocenters. The third-order valence-corrected chi connectivity index (χ3v) is 3.63. The molecule has 1 saturated heterocycles. The minimum Gasteiger partial charge on any atom is -0.354 e. The average molecular weight is 214 g/mol. The van der Waals surface area contributed by atoms with Crippen molar-refractivity contribution in [2.45, 2.75) is 38.9 Å². The first-order chi connectivity index (χ1) is 6.99. The SMILES string of the molecule is CC1(C)CC1CNC(=O)[C@H]1C[C@H](F)CN1. The first-order valence-electron chi connectivity index (χ1n) is 5.64. The molecule has 0 aromatic heterocycles. The van der Waals surface area contributed by atoms with Crippen molar-refractivity contribution in [2.24, 2.45) is 11.3 Å². The molecule has 1 aliphatic carbocycles. The minimum atomic E-state index is -0.863. The van der Waals surface area contributed by atoms with E-state index in [9.17, 15) is 9.18 Å². The van der Waals surface area contributed by atoms with Gasteiger partial charge in [0.1, 0.15) is 6.17 Å². The van der Waals surface area contributed by atoms with Crippen molar-refractivity contribution in [1.29, 1.82) is 0 Å². The van der Waals surface area contributed by atoms with Gasteiger partial charge >= 0.3 is 0 Å². The lowest BCUT2D eigenvalue weighted by atomic mass is 10.1. The molecular formula is C11H19FN2O. The van der Waals surface area contributed by atoms with E-state index in [1.807, 2.05) is 0 Å². The maximum Gasteiger partial charge on any atom is 0.237 e. The quantitative estimate of drug-likeness (QED) is 0.731. The van der Waals surface area contributed by atoms with E-state index in [4.69, 9.17) is 0 Å². The molecule has 0 spiro atoms. The molecule has 86 valence electrons. The first kappa shape index (κ1) is 10.9. The monoisotopic (exact) mass is 214 g/mol. The van der Waals surface area contributed by atoms with Crippen LogP contribution >= 0.6 is 0 Å². The Labute approximate surface area is 89.8 Å². The predicted octanol–water partition coefficient (Wildman–Crippen LogP) is 0.849. The average Bonchev–Trinajstić information content (AvgIpc) is 2.59. The second-order valence-corrected chi connectivity index (χ2v) is 5.43. The minimum absolute atomic E-state index is 0.0437. The molecule has 2 aliphatic rings. The van der Waals surface area contributed by atoms with Gasteiger partial charge in [-0.15, -0.1) is 0 Å². The largest absolute Gasteiger partial charge is 0.354 e. The first-order valence-corrected chi connectivity index (χ1v) is 5.64.